The number of halogens is 3. The van der Waals surface area contributed by atoms with E-state index in [4.69, 9.17) is 5.11 Å². The molecule has 2 N–H and O–H groups in total. The number of alkyl halides is 3. The summed E-state index contributed by atoms with van der Waals surface area (Å²) in [6.07, 6.45) is -1.44. The zero-order valence-corrected chi connectivity index (χ0v) is 9.81. The average Bonchev–Trinajstić information content (AvgIpc) is 2.25. The lowest BCUT2D eigenvalue weighted by molar-refractivity contribution is -0.153. The molecule has 0 spiro atoms. The van der Waals surface area contributed by atoms with Crippen LogP contribution in [0.5, 0.6) is 0 Å². The van der Waals surface area contributed by atoms with Crippen molar-refractivity contribution in [1.82, 2.24) is 5.32 Å². The minimum atomic E-state index is -4.37. The van der Waals surface area contributed by atoms with E-state index in [2.05, 4.69) is 5.32 Å². The standard InChI is InChI=1S/C11H18F3NO2/c1-2-8-4-3-5-10(6-8,9(16)17)15-7-11(12,13)14/h8,15H,2-7H2,1H3,(H,16,17). The van der Waals surface area contributed by atoms with Gasteiger partial charge in [0.1, 0.15) is 5.54 Å². The van der Waals surface area contributed by atoms with E-state index in [-0.39, 0.29) is 18.8 Å². The molecule has 0 aliphatic heterocycles. The molecule has 1 aliphatic rings. The van der Waals surface area contributed by atoms with Crippen molar-refractivity contribution in [3.8, 4) is 0 Å². The maximum Gasteiger partial charge on any atom is 0.401 e. The van der Waals surface area contributed by atoms with Gasteiger partial charge in [0.25, 0.3) is 0 Å². The van der Waals surface area contributed by atoms with Gasteiger partial charge in [-0.1, -0.05) is 26.2 Å². The lowest BCUT2D eigenvalue weighted by Crippen LogP contribution is -2.57. The first-order valence-electron chi connectivity index (χ1n) is 5.84. The van der Waals surface area contributed by atoms with E-state index in [1.54, 1.807) is 0 Å². The summed E-state index contributed by atoms with van der Waals surface area (Å²) in [4.78, 5) is 11.2. The second kappa shape index (κ2) is 5.25. The molecule has 1 fully saturated rings. The van der Waals surface area contributed by atoms with Gasteiger partial charge in [-0.05, 0) is 18.8 Å². The Morgan fingerprint density at radius 3 is 2.65 bits per heavy atom. The van der Waals surface area contributed by atoms with Crippen LogP contribution < -0.4 is 5.32 Å². The third kappa shape index (κ3) is 3.87. The molecule has 0 aromatic rings. The van der Waals surface area contributed by atoms with E-state index in [1.807, 2.05) is 6.92 Å². The zero-order chi connectivity index (χ0) is 13.1. The molecule has 3 nitrogen and oxygen atoms in total. The molecule has 0 aromatic carbocycles. The molecule has 1 aliphatic carbocycles. The molecule has 6 heteroatoms. The molecule has 0 saturated heterocycles. The maximum atomic E-state index is 12.2. The summed E-state index contributed by atoms with van der Waals surface area (Å²) in [5.41, 5.74) is -1.39. The molecule has 0 aromatic heterocycles. The van der Waals surface area contributed by atoms with Crippen molar-refractivity contribution in [1.29, 1.82) is 0 Å². The van der Waals surface area contributed by atoms with Gasteiger partial charge < -0.3 is 5.11 Å². The Morgan fingerprint density at radius 1 is 1.53 bits per heavy atom. The van der Waals surface area contributed by atoms with Crippen LogP contribution in [-0.2, 0) is 4.79 Å². The van der Waals surface area contributed by atoms with Crippen LogP contribution in [0.3, 0.4) is 0 Å². The smallest absolute Gasteiger partial charge is 0.401 e. The minimum absolute atomic E-state index is 0.195. The van der Waals surface area contributed by atoms with Crippen molar-refractivity contribution < 1.29 is 23.1 Å². The summed E-state index contributed by atoms with van der Waals surface area (Å²) in [5, 5.41) is 11.4. The van der Waals surface area contributed by atoms with Gasteiger partial charge in [-0.25, -0.2) is 0 Å². The van der Waals surface area contributed by atoms with Crippen LogP contribution in [0.25, 0.3) is 0 Å². The Balaban J connectivity index is 2.72. The fourth-order valence-corrected chi connectivity index (χ4v) is 2.44. The maximum absolute atomic E-state index is 12.2. The third-order valence-corrected chi connectivity index (χ3v) is 3.47. The fraction of sp³-hybridized carbons (Fsp3) is 0.909. The number of carboxylic acids is 1. The van der Waals surface area contributed by atoms with Crippen molar-refractivity contribution in [2.24, 2.45) is 5.92 Å². The van der Waals surface area contributed by atoms with Gasteiger partial charge >= 0.3 is 12.1 Å². The second-order valence-corrected chi connectivity index (χ2v) is 4.73. The van der Waals surface area contributed by atoms with E-state index in [0.29, 0.717) is 6.42 Å². The second-order valence-electron chi connectivity index (χ2n) is 4.73. The van der Waals surface area contributed by atoms with Crippen LogP contribution in [0.1, 0.15) is 39.0 Å². The SMILES string of the molecule is CCC1CCCC(NCC(F)(F)F)(C(=O)O)C1. The van der Waals surface area contributed by atoms with Crippen LogP contribution >= 0.6 is 0 Å². The molecule has 100 valence electrons. The van der Waals surface area contributed by atoms with Gasteiger partial charge in [-0.3, -0.25) is 10.1 Å². The van der Waals surface area contributed by atoms with Crippen LogP contribution in [0.15, 0.2) is 0 Å². The molecule has 0 bridgehead atoms. The molecule has 1 saturated carbocycles. The highest BCUT2D eigenvalue weighted by molar-refractivity contribution is 5.79. The van der Waals surface area contributed by atoms with Crippen LogP contribution in [0, 0.1) is 5.92 Å². The van der Waals surface area contributed by atoms with Gasteiger partial charge in [0.15, 0.2) is 0 Å². The first-order chi connectivity index (χ1) is 7.79. The largest absolute Gasteiger partial charge is 0.480 e. The van der Waals surface area contributed by atoms with Crippen LogP contribution in [0.4, 0.5) is 13.2 Å². The van der Waals surface area contributed by atoms with Crippen molar-refractivity contribution in [3.63, 3.8) is 0 Å². The van der Waals surface area contributed by atoms with E-state index in [0.717, 1.165) is 12.8 Å². The number of carbonyl (C=O) groups is 1. The van der Waals surface area contributed by atoms with Crippen molar-refractivity contribution in [2.45, 2.75) is 50.7 Å². The van der Waals surface area contributed by atoms with E-state index >= 15 is 0 Å². The van der Waals surface area contributed by atoms with E-state index < -0.39 is 24.2 Å². The summed E-state index contributed by atoms with van der Waals surface area (Å²) in [6, 6.07) is 0. The van der Waals surface area contributed by atoms with Crippen molar-refractivity contribution in [2.75, 3.05) is 6.54 Å². The quantitative estimate of drug-likeness (QED) is 0.809. The van der Waals surface area contributed by atoms with E-state index in [9.17, 15) is 18.0 Å². The van der Waals surface area contributed by atoms with Crippen LogP contribution in [-0.4, -0.2) is 29.3 Å². The molecule has 0 heterocycles. The molecule has 2 atom stereocenters. The van der Waals surface area contributed by atoms with Gasteiger partial charge in [-0.15, -0.1) is 0 Å². The topological polar surface area (TPSA) is 49.3 Å². The lowest BCUT2D eigenvalue weighted by atomic mass is 9.74. The molecule has 0 radical (unpaired) electrons. The van der Waals surface area contributed by atoms with Gasteiger partial charge in [-0.2, -0.15) is 13.2 Å². The summed E-state index contributed by atoms with van der Waals surface area (Å²) in [6.45, 7) is 0.697. The molecule has 0 amide bonds. The summed E-state index contributed by atoms with van der Waals surface area (Å²) in [7, 11) is 0. The Morgan fingerprint density at radius 2 is 2.18 bits per heavy atom. The molecule has 1 rings (SSSR count). The van der Waals surface area contributed by atoms with Crippen molar-refractivity contribution in [3.05, 3.63) is 0 Å². The molecule has 2 unspecified atom stereocenters. The predicted octanol–water partition coefficient (Wildman–Crippen LogP) is 2.56. The van der Waals surface area contributed by atoms with Gasteiger partial charge in [0.2, 0.25) is 0 Å². The Labute approximate surface area is 98.4 Å². The highest BCUT2D eigenvalue weighted by Gasteiger charge is 2.44. The number of aliphatic carboxylic acids is 1. The highest BCUT2D eigenvalue weighted by Crippen LogP contribution is 2.35. The number of rotatable bonds is 4. The van der Waals surface area contributed by atoms with Gasteiger partial charge in [0.05, 0.1) is 6.54 Å². The first kappa shape index (κ1) is 14.3. The number of hydrogen-bond donors (Lipinski definition) is 2. The Kier molecular flexibility index (Phi) is 4.41. The third-order valence-electron chi connectivity index (χ3n) is 3.47. The zero-order valence-electron chi connectivity index (χ0n) is 9.81. The van der Waals surface area contributed by atoms with Crippen molar-refractivity contribution >= 4 is 5.97 Å². The number of hydrogen-bond acceptors (Lipinski definition) is 2. The van der Waals surface area contributed by atoms with E-state index in [1.165, 1.54) is 0 Å². The monoisotopic (exact) mass is 253 g/mol. The normalized spacial score (nSPS) is 30.2. The summed E-state index contributed by atoms with van der Waals surface area (Å²) >= 11 is 0. The summed E-state index contributed by atoms with van der Waals surface area (Å²) in [5.74, 6) is -0.972. The molecular weight excluding hydrogens is 235 g/mol. The highest BCUT2D eigenvalue weighted by atomic mass is 19.4. The first-order valence-corrected chi connectivity index (χ1v) is 5.84. The molecule has 17 heavy (non-hydrogen) atoms. The number of carboxylic acid groups (broad SMARTS) is 1. The Bertz CT molecular complexity index is 280. The number of nitrogens with one attached hydrogen (secondary N) is 1. The lowest BCUT2D eigenvalue weighted by Gasteiger charge is -2.38. The fourth-order valence-electron chi connectivity index (χ4n) is 2.44. The Hall–Kier alpha value is -0.780. The van der Waals surface area contributed by atoms with Gasteiger partial charge in [0, 0.05) is 0 Å². The summed E-state index contributed by atoms with van der Waals surface area (Å²) < 4.78 is 36.5. The molecular formula is C11H18F3NO2. The predicted molar refractivity (Wildman–Crippen MR) is 56.7 cm³/mol. The average molecular weight is 253 g/mol. The van der Waals surface area contributed by atoms with Crippen LogP contribution in [0.2, 0.25) is 0 Å². The minimum Gasteiger partial charge on any atom is -0.480 e.